The van der Waals surface area contributed by atoms with E-state index in [2.05, 4.69) is 20.9 Å². The largest absolute Gasteiger partial charge is 0.465 e. The molecular weight excluding hydrogens is 375 g/mol. The van der Waals surface area contributed by atoms with Crippen LogP contribution in [-0.4, -0.2) is 46.8 Å². The van der Waals surface area contributed by atoms with E-state index in [9.17, 15) is 18.0 Å². The minimum Gasteiger partial charge on any atom is -0.465 e. The molecule has 1 aliphatic rings. The van der Waals surface area contributed by atoms with E-state index in [1.165, 1.54) is 4.90 Å². The molecule has 0 radical (unpaired) electrons. The Morgan fingerprint density at radius 1 is 1.52 bits per heavy atom. The maximum atomic E-state index is 12.7. The monoisotopic (exact) mass is 387 g/mol. The van der Waals surface area contributed by atoms with Gasteiger partial charge in [0.2, 0.25) is 5.01 Å². The summed E-state index contributed by atoms with van der Waals surface area (Å²) in [6.07, 6.45) is -4.87. The van der Waals surface area contributed by atoms with E-state index in [1.54, 1.807) is 4.90 Å². The minimum atomic E-state index is -4.47. The molecule has 1 aliphatic heterocycles. The standard InChI is InChI=1S/C11H13BrF3N3O2S/c1-2-6-5-17(3-4-18(6)10(19)20)8-7(12)16-9(21-8)11(13,14)15/h6H,2-5H2,1H3,(H,19,20)/t6-/m1/s1. The smallest absolute Gasteiger partial charge is 0.443 e. The Balaban J connectivity index is 2.20. The average Bonchev–Trinajstić information content (AvgIpc) is 2.80. The highest BCUT2D eigenvalue weighted by Gasteiger charge is 2.38. The van der Waals surface area contributed by atoms with Crippen LogP contribution in [0.5, 0.6) is 0 Å². The molecule has 1 N–H and O–H groups in total. The van der Waals surface area contributed by atoms with Gasteiger partial charge < -0.3 is 14.9 Å². The van der Waals surface area contributed by atoms with Crippen molar-refractivity contribution in [1.82, 2.24) is 9.88 Å². The fourth-order valence-corrected chi connectivity index (χ4v) is 3.90. The highest BCUT2D eigenvalue weighted by molar-refractivity contribution is 9.10. The van der Waals surface area contributed by atoms with Crippen molar-refractivity contribution in [2.45, 2.75) is 25.6 Å². The lowest BCUT2D eigenvalue weighted by Crippen LogP contribution is -2.54. The van der Waals surface area contributed by atoms with E-state index in [0.29, 0.717) is 35.8 Å². The molecule has 1 fully saturated rings. The van der Waals surface area contributed by atoms with Crippen molar-refractivity contribution >= 4 is 38.4 Å². The van der Waals surface area contributed by atoms with Crippen molar-refractivity contribution in [2.75, 3.05) is 24.5 Å². The van der Waals surface area contributed by atoms with Crippen LogP contribution in [0.2, 0.25) is 0 Å². The van der Waals surface area contributed by atoms with Gasteiger partial charge in [-0.3, -0.25) is 0 Å². The van der Waals surface area contributed by atoms with E-state index in [4.69, 9.17) is 5.11 Å². The zero-order chi connectivity index (χ0) is 15.8. The molecule has 5 nitrogen and oxygen atoms in total. The number of aromatic nitrogens is 1. The van der Waals surface area contributed by atoms with Crippen molar-refractivity contribution in [1.29, 1.82) is 0 Å². The topological polar surface area (TPSA) is 56.7 Å². The second-order valence-corrected chi connectivity index (χ2v) is 6.33. The third-order valence-corrected chi connectivity index (χ3v) is 5.28. The van der Waals surface area contributed by atoms with Gasteiger partial charge in [0, 0.05) is 19.6 Å². The van der Waals surface area contributed by atoms with E-state index >= 15 is 0 Å². The third kappa shape index (κ3) is 3.42. The van der Waals surface area contributed by atoms with Gasteiger partial charge in [-0.1, -0.05) is 18.3 Å². The summed E-state index contributed by atoms with van der Waals surface area (Å²) < 4.78 is 38.2. The Labute approximate surface area is 131 Å². The summed E-state index contributed by atoms with van der Waals surface area (Å²) >= 11 is 3.63. The molecule has 2 rings (SSSR count). The van der Waals surface area contributed by atoms with Gasteiger partial charge in [0.1, 0.15) is 9.60 Å². The number of hydrogen-bond acceptors (Lipinski definition) is 4. The Morgan fingerprint density at radius 3 is 2.67 bits per heavy atom. The fraction of sp³-hybridized carbons (Fsp3) is 0.636. The molecular formula is C11H13BrF3N3O2S. The van der Waals surface area contributed by atoms with Gasteiger partial charge in [-0.25, -0.2) is 9.78 Å². The molecule has 10 heteroatoms. The zero-order valence-electron chi connectivity index (χ0n) is 11.0. The van der Waals surface area contributed by atoms with Gasteiger partial charge >= 0.3 is 12.3 Å². The lowest BCUT2D eigenvalue weighted by molar-refractivity contribution is -0.137. The summed E-state index contributed by atoms with van der Waals surface area (Å²) in [6.45, 7) is 2.83. The van der Waals surface area contributed by atoms with Crippen LogP contribution in [0.25, 0.3) is 0 Å². The van der Waals surface area contributed by atoms with Gasteiger partial charge in [-0.2, -0.15) is 13.2 Å². The highest BCUT2D eigenvalue weighted by Crippen LogP contribution is 2.41. The van der Waals surface area contributed by atoms with Crippen LogP contribution >= 0.6 is 27.3 Å². The maximum absolute atomic E-state index is 12.7. The predicted octanol–water partition coefficient (Wildman–Crippen LogP) is 3.50. The van der Waals surface area contributed by atoms with Gasteiger partial charge in [0.25, 0.3) is 0 Å². The number of thiazole rings is 1. The fourth-order valence-electron chi connectivity index (χ4n) is 2.25. The van der Waals surface area contributed by atoms with Gasteiger partial charge in [-0.05, 0) is 22.4 Å². The molecule has 1 atom stereocenters. The van der Waals surface area contributed by atoms with Crippen LogP contribution in [0.1, 0.15) is 18.4 Å². The van der Waals surface area contributed by atoms with Crippen LogP contribution in [-0.2, 0) is 6.18 Å². The molecule has 1 aromatic rings. The van der Waals surface area contributed by atoms with Gasteiger partial charge in [0.15, 0.2) is 0 Å². The van der Waals surface area contributed by atoms with E-state index in [0.717, 1.165) is 0 Å². The summed E-state index contributed by atoms with van der Waals surface area (Å²) in [5.74, 6) is 0. The number of anilines is 1. The quantitative estimate of drug-likeness (QED) is 0.843. The van der Waals surface area contributed by atoms with Crippen LogP contribution < -0.4 is 4.90 Å². The lowest BCUT2D eigenvalue weighted by Gasteiger charge is -2.40. The van der Waals surface area contributed by atoms with Crippen molar-refractivity contribution in [3.63, 3.8) is 0 Å². The molecule has 0 saturated carbocycles. The lowest BCUT2D eigenvalue weighted by atomic mass is 10.1. The number of alkyl halides is 3. The molecule has 118 valence electrons. The molecule has 2 heterocycles. The minimum absolute atomic E-state index is 0.151. The number of amides is 1. The van der Waals surface area contributed by atoms with Crippen LogP contribution in [0, 0.1) is 0 Å². The number of nitrogens with zero attached hydrogens (tertiary/aromatic N) is 3. The second kappa shape index (κ2) is 5.99. The Morgan fingerprint density at radius 2 is 2.19 bits per heavy atom. The van der Waals surface area contributed by atoms with Crippen LogP contribution in [0.4, 0.5) is 23.0 Å². The predicted molar refractivity (Wildman–Crippen MR) is 75.8 cm³/mol. The number of carbonyl (C=O) groups is 1. The van der Waals surface area contributed by atoms with E-state index in [1.807, 2.05) is 6.92 Å². The third-order valence-electron chi connectivity index (χ3n) is 3.30. The molecule has 21 heavy (non-hydrogen) atoms. The summed E-state index contributed by atoms with van der Waals surface area (Å²) in [7, 11) is 0. The van der Waals surface area contributed by atoms with Crippen molar-refractivity contribution in [3.05, 3.63) is 9.61 Å². The first-order valence-electron chi connectivity index (χ1n) is 6.22. The number of carboxylic acid groups (broad SMARTS) is 1. The summed E-state index contributed by atoms with van der Waals surface area (Å²) in [4.78, 5) is 17.7. The van der Waals surface area contributed by atoms with E-state index < -0.39 is 17.3 Å². The first-order chi connectivity index (χ1) is 9.74. The average molecular weight is 388 g/mol. The SMILES string of the molecule is CC[C@@H]1CN(c2sc(C(F)(F)F)nc2Br)CCN1C(=O)O. The van der Waals surface area contributed by atoms with Crippen molar-refractivity contribution < 1.29 is 23.1 Å². The molecule has 0 unspecified atom stereocenters. The molecule has 1 aromatic heterocycles. The summed E-state index contributed by atoms with van der Waals surface area (Å²) in [5, 5.41) is 8.59. The number of rotatable bonds is 2. The highest BCUT2D eigenvalue weighted by atomic mass is 79.9. The number of halogens is 4. The van der Waals surface area contributed by atoms with E-state index in [-0.39, 0.29) is 17.2 Å². The van der Waals surface area contributed by atoms with Gasteiger partial charge in [0.05, 0.1) is 6.04 Å². The molecule has 0 aromatic carbocycles. The first-order valence-corrected chi connectivity index (χ1v) is 7.83. The van der Waals surface area contributed by atoms with Crippen molar-refractivity contribution in [2.24, 2.45) is 0 Å². The van der Waals surface area contributed by atoms with Gasteiger partial charge in [-0.15, -0.1) is 0 Å². The Hall–Kier alpha value is -1.03. The Kier molecular flexibility index (Phi) is 4.66. The van der Waals surface area contributed by atoms with Crippen molar-refractivity contribution in [3.8, 4) is 0 Å². The molecule has 0 bridgehead atoms. The molecule has 1 saturated heterocycles. The van der Waals surface area contributed by atoms with Crippen LogP contribution in [0.15, 0.2) is 4.60 Å². The molecule has 0 spiro atoms. The molecule has 0 aliphatic carbocycles. The maximum Gasteiger partial charge on any atom is 0.443 e. The number of piperazine rings is 1. The normalized spacial score (nSPS) is 20.0. The number of hydrogen-bond donors (Lipinski definition) is 1. The zero-order valence-corrected chi connectivity index (χ0v) is 13.4. The Bertz CT molecular complexity index is 537. The first kappa shape index (κ1) is 16.3. The summed E-state index contributed by atoms with van der Waals surface area (Å²) in [5.41, 5.74) is 0. The second-order valence-electron chi connectivity index (χ2n) is 4.60. The molecule has 1 amide bonds. The summed E-state index contributed by atoms with van der Waals surface area (Å²) in [6, 6.07) is -0.236. The van der Waals surface area contributed by atoms with Crippen LogP contribution in [0.3, 0.4) is 0 Å².